The average Bonchev–Trinajstić information content (AvgIpc) is 2.56. The lowest BCUT2D eigenvalue weighted by Crippen LogP contribution is -2.44. The van der Waals surface area contributed by atoms with E-state index in [2.05, 4.69) is 5.32 Å². The van der Waals surface area contributed by atoms with E-state index in [-0.39, 0.29) is 36.1 Å². The van der Waals surface area contributed by atoms with Crippen LogP contribution in [0.5, 0.6) is 0 Å². The van der Waals surface area contributed by atoms with Gasteiger partial charge in [0.05, 0.1) is 12.6 Å². The standard InChI is InChI=1S/C18H27FN4O2/c1-22(2)16(13-3-5-15(19)6-4-13)11-21-18(25)14-7-9-23(10-8-14)12-17(20)24/h3-6,14,16H,7-12H2,1-2H3,(H2,20,24)(H,21,25)/t16-/m0/s1. The minimum absolute atomic E-state index is 0.0144. The van der Waals surface area contributed by atoms with Crippen molar-refractivity contribution < 1.29 is 14.0 Å². The number of likely N-dealkylation sites (N-methyl/N-ethyl adjacent to an activating group) is 1. The van der Waals surface area contributed by atoms with E-state index in [0.717, 1.165) is 18.4 Å². The van der Waals surface area contributed by atoms with Gasteiger partial charge in [-0.15, -0.1) is 0 Å². The number of rotatable bonds is 7. The molecule has 0 aliphatic carbocycles. The Kier molecular flexibility index (Phi) is 6.90. The molecule has 0 spiro atoms. The van der Waals surface area contributed by atoms with Crippen LogP contribution < -0.4 is 11.1 Å². The normalized spacial score (nSPS) is 17.4. The van der Waals surface area contributed by atoms with Gasteiger partial charge >= 0.3 is 0 Å². The molecular weight excluding hydrogens is 323 g/mol. The summed E-state index contributed by atoms with van der Waals surface area (Å²) in [6.07, 6.45) is 1.45. The number of nitrogens with two attached hydrogens (primary N) is 1. The molecule has 0 saturated carbocycles. The Balaban J connectivity index is 1.85. The lowest BCUT2D eigenvalue weighted by atomic mass is 9.95. The molecule has 1 aromatic carbocycles. The molecule has 6 nitrogen and oxygen atoms in total. The number of benzene rings is 1. The van der Waals surface area contributed by atoms with Gasteiger partial charge in [-0.25, -0.2) is 4.39 Å². The molecule has 1 aliphatic heterocycles. The van der Waals surface area contributed by atoms with Crippen LogP contribution in [0.15, 0.2) is 24.3 Å². The van der Waals surface area contributed by atoms with Crippen LogP contribution in [-0.4, -0.2) is 61.9 Å². The summed E-state index contributed by atoms with van der Waals surface area (Å²) in [5, 5.41) is 3.02. The molecule has 1 aromatic rings. The van der Waals surface area contributed by atoms with Gasteiger partial charge in [0, 0.05) is 12.5 Å². The Bertz CT molecular complexity index is 583. The Morgan fingerprint density at radius 3 is 2.40 bits per heavy atom. The summed E-state index contributed by atoms with van der Waals surface area (Å²) in [5.41, 5.74) is 6.16. The SMILES string of the molecule is CN(C)[C@@H](CNC(=O)C1CCN(CC(N)=O)CC1)c1ccc(F)cc1. The van der Waals surface area contributed by atoms with Gasteiger partial charge in [0.25, 0.3) is 0 Å². The van der Waals surface area contributed by atoms with Crippen molar-refractivity contribution in [1.29, 1.82) is 0 Å². The Morgan fingerprint density at radius 1 is 1.28 bits per heavy atom. The highest BCUT2D eigenvalue weighted by Gasteiger charge is 2.26. The maximum Gasteiger partial charge on any atom is 0.231 e. The molecule has 0 bridgehead atoms. The monoisotopic (exact) mass is 350 g/mol. The highest BCUT2D eigenvalue weighted by Crippen LogP contribution is 2.20. The lowest BCUT2D eigenvalue weighted by Gasteiger charge is -2.31. The van der Waals surface area contributed by atoms with Crippen LogP contribution in [0.2, 0.25) is 0 Å². The molecule has 2 rings (SSSR count). The molecule has 1 fully saturated rings. The van der Waals surface area contributed by atoms with E-state index in [4.69, 9.17) is 5.73 Å². The van der Waals surface area contributed by atoms with Gasteiger partial charge < -0.3 is 16.0 Å². The van der Waals surface area contributed by atoms with Crippen molar-refractivity contribution in [3.63, 3.8) is 0 Å². The smallest absolute Gasteiger partial charge is 0.231 e. The van der Waals surface area contributed by atoms with Crippen molar-refractivity contribution in [2.45, 2.75) is 18.9 Å². The van der Waals surface area contributed by atoms with Gasteiger partial charge in [-0.05, 0) is 57.7 Å². The number of piperidine rings is 1. The molecule has 7 heteroatoms. The Hall–Kier alpha value is -1.99. The van der Waals surface area contributed by atoms with Crippen LogP contribution in [0.25, 0.3) is 0 Å². The van der Waals surface area contributed by atoms with E-state index in [1.807, 2.05) is 23.9 Å². The summed E-state index contributed by atoms with van der Waals surface area (Å²) in [5.74, 6) is -0.614. The highest BCUT2D eigenvalue weighted by molar-refractivity contribution is 5.79. The van der Waals surface area contributed by atoms with Crippen molar-refractivity contribution in [1.82, 2.24) is 15.1 Å². The molecule has 0 aromatic heterocycles. The minimum Gasteiger partial charge on any atom is -0.369 e. The first-order valence-corrected chi connectivity index (χ1v) is 8.57. The number of nitrogens with one attached hydrogen (secondary N) is 1. The van der Waals surface area contributed by atoms with Crippen LogP contribution in [0, 0.1) is 11.7 Å². The molecule has 25 heavy (non-hydrogen) atoms. The maximum atomic E-state index is 13.1. The van der Waals surface area contributed by atoms with Gasteiger partial charge in [-0.2, -0.15) is 0 Å². The van der Waals surface area contributed by atoms with Crippen molar-refractivity contribution >= 4 is 11.8 Å². The quantitative estimate of drug-likeness (QED) is 0.760. The summed E-state index contributed by atoms with van der Waals surface area (Å²) in [6.45, 7) is 2.13. The van der Waals surface area contributed by atoms with E-state index < -0.39 is 0 Å². The number of carbonyl (C=O) groups excluding carboxylic acids is 2. The van der Waals surface area contributed by atoms with E-state index in [1.165, 1.54) is 12.1 Å². The molecule has 1 heterocycles. The fourth-order valence-corrected chi connectivity index (χ4v) is 3.20. The van der Waals surface area contributed by atoms with Crippen LogP contribution in [-0.2, 0) is 9.59 Å². The van der Waals surface area contributed by atoms with Gasteiger partial charge in [0.1, 0.15) is 5.82 Å². The van der Waals surface area contributed by atoms with Gasteiger partial charge in [0.2, 0.25) is 11.8 Å². The van der Waals surface area contributed by atoms with Crippen LogP contribution >= 0.6 is 0 Å². The van der Waals surface area contributed by atoms with Crippen molar-refractivity contribution in [2.24, 2.45) is 11.7 Å². The number of halogens is 1. The van der Waals surface area contributed by atoms with Gasteiger partial charge in [-0.3, -0.25) is 14.5 Å². The minimum atomic E-state index is -0.337. The summed E-state index contributed by atoms with van der Waals surface area (Å²) in [6, 6.07) is 6.34. The van der Waals surface area contributed by atoms with E-state index in [0.29, 0.717) is 19.6 Å². The summed E-state index contributed by atoms with van der Waals surface area (Å²) >= 11 is 0. The van der Waals surface area contributed by atoms with E-state index in [1.54, 1.807) is 12.1 Å². The second kappa shape index (κ2) is 8.92. The Morgan fingerprint density at radius 2 is 1.88 bits per heavy atom. The number of carbonyl (C=O) groups is 2. The number of hydrogen-bond donors (Lipinski definition) is 2. The highest BCUT2D eigenvalue weighted by atomic mass is 19.1. The van der Waals surface area contributed by atoms with Gasteiger partial charge in [0.15, 0.2) is 0 Å². The third-order valence-corrected chi connectivity index (χ3v) is 4.69. The first-order chi connectivity index (χ1) is 11.9. The number of primary amides is 1. The van der Waals surface area contributed by atoms with Crippen molar-refractivity contribution in [3.05, 3.63) is 35.6 Å². The molecule has 2 amide bonds. The molecule has 0 radical (unpaired) electrons. The molecule has 1 aliphatic rings. The summed E-state index contributed by atoms with van der Waals surface area (Å²) in [7, 11) is 3.87. The molecule has 1 saturated heterocycles. The summed E-state index contributed by atoms with van der Waals surface area (Å²) in [4.78, 5) is 27.4. The molecule has 138 valence electrons. The Labute approximate surface area is 148 Å². The average molecular weight is 350 g/mol. The predicted molar refractivity (Wildman–Crippen MR) is 94.2 cm³/mol. The fourth-order valence-electron chi connectivity index (χ4n) is 3.20. The second-order valence-corrected chi connectivity index (χ2v) is 6.79. The van der Waals surface area contributed by atoms with Gasteiger partial charge in [-0.1, -0.05) is 12.1 Å². The topological polar surface area (TPSA) is 78.7 Å². The van der Waals surface area contributed by atoms with Crippen molar-refractivity contribution in [2.75, 3.05) is 40.3 Å². The number of amides is 2. The van der Waals surface area contributed by atoms with Crippen molar-refractivity contribution in [3.8, 4) is 0 Å². The zero-order valence-electron chi connectivity index (χ0n) is 14.9. The zero-order chi connectivity index (χ0) is 18.4. The molecular formula is C18H27FN4O2. The molecule has 3 N–H and O–H groups in total. The van der Waals surface area contributed by atoms with E-state index in [9.17, 15) is 14.0 Å². The molecule has 0 unspecified atom stereocenters. The number of hydrogen-bond acceptors (Lipinski definition) is 4. The number of likely N-dealkylation sites (tertiary alicyclic amines) is 1. The fraction of sp³-hybridized carbons (Fsp3) is 0.556. The maximum absolute atomic E-state index is 13.1. The van der Waals surface area contributed by atoms with E-state index >= 15 is 0 Å². The zero-order valence-corrected chi connectivity index (χ0v) is 14.9. The predicted octanol–water partition coefficient (Wildman–Crippen LogP) is 0.742. The van der Waals surface area contributed by atoms with Crippen LogP contribution in [0.3, 0.4) is 0 Å². The third kappa shape index (κ3) is 5.79. The lowest BCUT2D eigenvalue weighted by molar-refractivity contribution is -0.126. The first kappa shape index (κ1) is 19.3. The second-order valence-electron chi connectivity index (χ2n) is 6.79. The summed E-state index contributed by atoms with van der Waals surface area (Å²) < 4.78 is 13.1. The third-order valence-electron chi connectivity index (χ3n) is 4.69. The number of nitrogens with zero attached hydrogens (tertiary/aromatic N) is 2. The van der Waals surface area contributed by atoms with Crippen LogP contribution in [0.1, 0.15) is 24.4 Å². The largest absolute Gasteiger partial charge is 0.369 e. The first-order valence-electron chi connectivity index (χ1n) is 8.57. The van der Waals surface area contributed by atoms with Crippen LogP contribution in [0.4, 0.5) is 4.39 Å². The molecule has 1 atom stereocenters.